The van der Waals surface area contributed by atoms with Gasteiger partial charge in [0.15, 0.2) is 0 Å². The maximum atomic E-state index is 12.4. The van der Waals surface area contributed by atoms with Crippen molar-refractivity contribution in [2.24, 2.45) is 11.5 Å². The van der Waals surface area contributed by atoms with Crippen LogP contribution < -0.4 is 27.4 Å². The highest BCUT2D eigenvalue weighted by Crippen LogP contribution is 2.01. The fraction of sp³-hybridized carbons (Fsp3) is 0.600. The molecule has 15 heteroatoms. The van der Waals surface area contributed by atoms with Gasteiger partial charge in [0.1, 0.15) is 18.1 Å². The number of aliphatic hydroxyl groups excluding tert-OH is 2. The van der Waals surface area contributed by atoms with Crippen molar-refractivity contribution in [3.63, 3.8) is 0 Å². The number of carboxylic acid groups (broad SMARTS) is 2. The number of hydrogen-bond donors (Lipinski definition) is 9. The molecular formula is C15H25N5O10. The van der Waals surface area contributed by atoms with E-state index in [1.165, 1.54) is 0 Å². The standard InChI is InChI=1S/C15H25N5O10/c1-5(22)11(14(28)19-8(4-21)15(29)30)20-13(27)7(3-9(17)23)18-12(26)6(16)2-10(24)25/h5-8,11,21-22H,2-4,16H2,1H3,(H2,17,23)(H,18,26)(H,19,28)(H,20,27)(H,24,25)(H,29,30). The van der Waals surface area contributed by atoms with Crippen LogP contribution in [0.2, 0.25) is 0 Å². The van der Waals surface area contributed by atoms with Gasteiger partial charge in [-0.25, -0.2) is 4.79 Å². The quantitative estimate of drug-likeness (QED) is 0.132. The van der Waals surface area contributed by atoms with Crippen LogP contribution in [-0.2, 0) is 28.8 Å². The highest BCUT2D eigenvalue weighted by molar-refractivity contribution is 5.96. The van der Waals surface area contributed by atoms with Crippen LogP contribution in [0, 0.1) is 0 Å². The summed E-state index contributed by atoms with van der Waals surface area (Å²) >= 11 is 0. The van der Waals surface area contributed by atoms with E-state index in [1.54, 1.807) is 0 Å². The number of rotatable bonds is 13. The summed E-state index contributed by atoms with van der Waals surface area (Å²) in [4.78, 5) is 69.2. The van der Waals surface area contributed by atoms with Gasteiger partial charge in [-0.15, -0.1) is 0 Å². The molecule has 5 unspecified atom stereocenters. The first-order valence-electron chi connectivity index (χ1n) is 8.48. The molecule has 30 heavy (non-hydrogen) atoms. The molecular weight excluding hydrogens is 410 g/mol. The van der Waals surface area contributed by atoms with E-state index in [1.807, 2.05) is 16.0 Å². The van der Waals surface area contributed by atoms with E-state index < -0.39 is 85.3 Å². The fourth-order valence-electron chi connectivity index (χ4n) is 2.08. The molecule has 0 rings (SSSR count). The van der Waals surface area contributed by atoms with Crippen LogP contribution in [0.15, 0.2) is 0 Å². The second-order valence-corrected chi connectivity index (χ2v) is 6.24. The average molecular weight is 435 g/mol. The van der Waals surface area contributed by atoms with E-state index >= 15 is 0 Å². The number of nitrogens with two attached hydrogens (primary N) is 2. The second-order valence-electron chi connectivity index (χ2n) is 6.24. The van der Waals surface area contributed by atoms with Crippen LogP contribution in [0.3, 0.4) is 0 Å². The molecule has 5 atom stereocenters. The number of carboxylic acids is 2. The number of hydrogen-bond acceptors (Lipinski definition) is 9. The zero-order chi connectivity index (χ0) is 23.6. The smallest absolute Gasteiger partial charge is 0.328 e. The summed E-state index contributed by atoms with van der Waals surface area (Å²) in [5.41, 5.74) is 10.4. The summed E-state index contributed by atoms with van der Waals surface area (Å²) in [6.45, 7) is 0.118. The average Bonchev–Trinajstić information content (AvgIpc) is 2.61. The van der Waals surface area contributed by atoms with Crippen LogP contribution in [0.1, 0.15) is 19.8 Å². The normalized spacial score (nSPS) is 15.6. The van der Waals surface area contributed by atoms with Crippen LogP contribution in [0.4, 0.5) is 0 Å². The highest BCUT2D eigenvalue weighted by atomic mass is 16.4. The van der Waals surface area contributed by atoms with Gasteiger partial charge in [-0.2, -0.15) is 0 Å². The van der Waals surface area contributed by atoms with Gasteiger partial charge in [0.05, 0.1) is 31.6 Å². The molecule has 0 aliphatic carbocycles. The minimum Gasteiger partial charge on any atom is -0.481 e. The van der Waals surface area contributed by atoms with Crippen molar-refractivity contribution in [1.29, 1.82) is 0 Å². The first-order chi connectivity index (χ1) is 13.8. The van der Waals surface area contributed by atoms with Gasteiger partial charge >= 0.3 is 11.9 Å². The van der Waals surface area contributed by atoms with E-state index in [-0.39, 0.29) is 0 Å². The van der Waals surface area contributed by atoms with Gasteiger partial charge in [0.25, 0.3) is 0 Å². The van der Waals surface area contributed by atoms with Crippen molar-refractivity contribution in [2.75, 3.05) is 6.61 Å². The summed E-state index contributed by atoms with van der Waals surface area (Å²) in [6.07, 6.45) is -3.08. The lowest BCUT2D eigenvalue weighted by atomic mass is 10.1. The third-order valence-corrected chi connectivity index (χ3v) is 3.63. The van der Waals surface area contributed by atoms with E-state index in [0.717, 1.165) is 6.92 Å². The lowest BCUT2D eigenvalue weighted by Crippen LogP contribution is -2.60. The maximum Gasteiger partial charge on any atom is 0.328 e. The van der Waals surface area contributed by atoms with Crippen LogP contribution in [-0.4, -0.2) is 92.9 Å². The van der Waals surface area contributed by atoms with E-state index in [9.17, 15) is 33.9 Å². The van der Waals surface area contributed by atoms with Gasteiger partial charge in [-0.3, -0.25) is 24.0 Å². The lowest BCUT2D eigenvalue weighted by Gasteiger charge is -2.25. The maximum absolute atomic E-state index is 12.4. The monoisotopic (exact) mass is 435 g/mol. The third-order valence-electron chi connectivity index (χ3n) is 3.63. The zero-order valence-electron chi connectivity index (χ0n) is 15.9. The molecule has 4 amide bonds. The number of aliphatic hydroxyl groups is 2. The first kappa shape index (κ1) is 26.7. The number of carbonyl (C=O) groups is 6. The fourth-order valence-corrected chi connectivity index (χ4v) is 2.08. The Hall–Kier alpha value is -3.30. The Morgan fingerprint density at radius 1 is 0.867 bits per heavy atom. The molecule has 0 heterocycles. The molecule has 0 aromatic rings. The first-order valence-corrected chi connectivity index (χ1v) is 8.48. The predicted octanol–water partition coefficient (Wildman–Crippen LogP) is -5.42. The summed E-state index contributed by atoms with van der Waals surface area (Å²) < 4.78 is 0. The van der Waals surface area contributed by atoms with Gasteiger partial charge in [0, 0.05) is 0 Å². The largest absolute Gasteiger partial charge is 0.481 e. The van der Waals surface area contributed by atoms with Gasteiger partial charge in [-0.1, -0.05) is 0 Å². The number of carbonyl (C=O) groups excluding carboxylic acids is 4. The number of nitrogens with one attached hydrogen (secondary N) is 3. The zero-order valence-corrected chi connectivity index (χ0v) is 15.9. The van der Waals surface area contributed by atoms with Gasteiger partial charge in [-0.05, 0) is 6.92 Å². The second kappa shape index (κ2) is 12.3. The van der Waals surface area contributed by atoms with Crippen LogP contribution in [0.5, 0.6) is 0 Å². The number of aliphatic carboxylic acids is 2. The summed E-state index contributed by atoms with van der Waals surface area (Å²) in [6, 6.07) is -6.67. The highest BCUT2D eigenvalue weighted by Gasteiger charge is 2.33. The molecule has 0 aromatic heterocycles. The van der Waals surface area contributed by atoms with Crippen LogP contribution >= 0.6 is 0 Å². The van der Waals surface area contributed by atoms with Crippen molar-refractivity contribution < 1.29 is 49.2 Å². The van der Waals surface area contributed by atoms with Crippen LogP contribution in [0.25, 0.3) is 0 Å². The molecule has 0 fully saturated rings. The summed E-state index contributed by atoms with van der Waals surface area (Å²) in [5.74, 6) is -7.44. The Labute approximate surface area is 169 Å². The SMILES string of the molecule is CC(O)C(NC(=O)C(CC(N)=O)NC(=O)C(N)CC(=O)O)C(=O)NC(CO)C(=O)O. The van der Waals surface area contributed by atoms with Crippen molar-refractivity contribution in [3.05, 3.63) is 0 Å². The Bertz CT molecular complexity index is 683. The number of amides is 4. The third kappa shape index (κ3) is 9.26. The van der Waals surface area contributed by atoms with Crippen molar-refractivity contribution in [1.82, 2.24) is 16.0 Å². The Kier molecular flexibility index (Phi) is 10.9. The molecule has 0 radical (unpaired) electrons. The predicted molar refractivity (Wildman–Crippen MR) is 96.2 cm³/mol. The topological polar surface area (TPSA) is 271 Å². The molecule has 0 aromatic carbocycles. The Balaban J connectivity index is 5.38. The Morgan fingerprint density at radius 3 is 1.80 bits per heavy atom. The molecule has 170 valence electrons. The molecule has 0 saturated heterocycles. The molecule has 0 aliphatic heterocycles. The van der Waals surface area contributed by atoms with E-state index in [4.69, 9.17) is 26.8 Å². The lowest BCUT2D eigenvalue weighted by molar-refractivity contribution is -0.144. The summed E-state index contributed by atoms with van der Waals surface area (Å²) in [5, 5.41) is 42.1. The minimum atomic E-state index is -1.73. The molecule has 0 bridgehead atoms. The van der Waals surface area contributed by atoms with Gasteiger partial charge < -0.3 is 47.8 Å². The van der Waals surface area contributed by atoms with E-state index in [0.29, 0.717) is 0 Å². The van der Waals surface area contributed by atoms with E-state index in [2.05, 4.69) is 0 Å². The van der Waals surface area contributed by atoms with Crippen molar-refractivity contribution >= 4 is 35.6 Å². The van der Waals surface area contributed by atoms with Crippen molar-refractivity contribution in [3.8, 4) is 0 Å². The molecule has 15 nitrogen and oxygen atoms in total. The van der Waals surface area contributed by atoms with Gasteiger partial charge in [0.2, 0.25) is 23.6 Å². The molecule has 0 aliphatic rings. The number of primary amides is 1. The molecule has 0 spiro atoms. The minimum absolute atomic E-state index is 0.750. The molecule has 11 N–H and O–H groups in total. The molecule has 0 saturated carbocycles. The van der Waals surface area contributed by atoms with Crippen molar-refractivity contribution in [2.45, 2.75) is 50.0 Å². The summed E-state index contributed by atoms with van der Waals surface area (Å²) in [7, 11) is 0. The Morgan fingerprint density at radius 2 is 1.40 bits per heavy atom.